The Balaban J connectivity index is 4.41. The Labute approximate surface area is 101 Å². The predicted octanol–water partition coefficient (Wildman–Crippen LogP) is 1.24. The molecule has 16 heavy (non-hydrogen) atoms. The van der Waals surface area contributed by atoms with Crippen LogP contribution in [0.5, 0.6) is 0 Å². The van der Waals surface area contributed by atoms with Crippen molar-refractivity contribution in [3.05, 3.63) is 0 Å². The Morgan fingerprint density at radius 3 is 2.38 bits per heavy atom. The molecule has 94 valence electrons. The standard InChI is InChI=1S/C10H20N2O3S/c1-7(6-16-5)12(4)9(15)11-10(2,3)8(13)14/h7H,6H2,1-5H3,(H,11,15)(H,13,14). The number of nitrogens with zero attached hydrogens (tertiary/aromatic N) is 1. The third-order valence-corrected chi connectivity index (χ3v) is 3.16. The average Bonchev–Trinajstić information content (AvgIpc) is 2.15. The molecule has 0 aliphatic carbocycles. The first kappa shape index (κ1) is 15.1. The molecule has 6 heteroatoms. The first-order valence-electron chi connectivity index (χ1n) is 4.99. The highest BCUT2D eigenvalue weighted by Crippen LogP contribution is 2.07. The Morgan fingerprint density at radius 1 is 1.50 bits per heavy atom. The molecule has 0 rings (SSSR count). The van der Waals surface area contributed by atoms with Crippen LogP contribution in [0.4, 0.5) is 4.79 Å². The summed E-state index contributed by atoms with van der Waals surface area (Å²) in [4.78, 5) is 24.1. The van der Waals surface area contributed by atoms with Crippen molar-refractivity contribution in [1.29, 1.82) is 0 Å². The summed E-state index contributed by atoms with van der Waals surface area (Å²) in [6, 6.07) is -0.298. The summed E-state index contributed by atoms with van der Waals surface area (Å²) < 4.78 is 0. The van der Waals surface area contributed by atoms with E-state index in [0.717, 1.165) is 5.75 Å². The maximum Gasteiger partial charge on any atom is 0.328 e. The number of carboxylic acids is 1. The summed E-state index contributed by atoms with van der Waals surface area (Å²) in [6.07, 6.45) is 1.96. The smallest absolute Gasteiger partial charge is 0.328 e. The predicted molar refractivity (Wildman–Crippen MR) is 65.9 cm³/mol. The van der Waals surface area contributed by atoms with Gasteiger partial charge >= 0.3 is 12.0 Å². The highest BCUT2D eigenvalue weighted by molar-refractivity contribution is 7.98. The SMILES string of the molecule is CSCC(C)N(C)C(=O)NC(C)(C)C(=O)O. The van der Waals surface area contributed by atoms with E-state index < -0.39 is 11.5 Å². The van der Waals surface area contributed by atoms with Crippen molar-refractivity contribution in [2.75, 3.05) is 19.1 Å². The van der Waals surface area contributed by atoms with E-state index in [1.54, 1.807) is 18.8 Å². The van der Waals surface area contributed by atoms with Crippen molar-refractivity contribution >= 4 is 23.8 Å². The second-order valence-electron chi connectivity index (χ2n) is 4.28. The van der Waals surface area contributed by atoms with Crippen LogP contribution < -0.4 is 5.32 Å². The third-order valence-electron chi connectivity index (χ3n) is 2.34. The number of hydrogen-bond acceptors (Lipinski definition) is 3. The van der Waals surface area contributed by atoms with E-state index in [2.05, 4.69) is 5.32 Å². The fourth-order valence-corrected chi connectivity index (χ4v) is 1.67. The molecule has 1 atom stereocenters. The molecule has 0 aliphatic heterocycles. The lowest BCUT2D eigenvalue weighted by Crippen LogP contribution is -2.55. The molecule has 0 radical (unpaired) electrons. The minimum Gasteiger partial charge on any atom is -0.480 e. The quantitative estimate of drug-likeness (QED) is 0.768. The van der Waals surface area contributed by atoms with Gasteiger partial charge in [-0.15, -0.1) is 0 Å². The summed E-state index contributed by atoms with van der Waals surface area (Å²) in [5.74, 6) is -0.232. The Hall–Kier alpha value is -0.910. The maximum absolute atomic E-state index is 11.7. The topological polar surface area (TPSA) is 69.6 Å². The highest BCUT2D eigenvalue weighted by Gasteiger charge is 2.30. The van der Waals surface area contributed by atoms with Crippen molar-refractivity contribution in [1.82, 2.24) is 10.2 Å². The van der Waals surface area contributed by atoms with Crippen LogP contribution in [0.15, 0.2) is 0 Å². The van der Waals surface area contributed by atoms with Gasteiger partial charge in [-0.25, -0.2) is 9.59 Å². The van der Waals surface area contributed by atoms with E-state index >= 15 is 0 Å². The van der Waals surface area contributed by atoms with Crippen LogP contribution in [-0.4, -0.2) is 52.6 Å². The van der Waals surface area contributed by atoms with Crippen LogP contribution in [0.25, 0.3) is 0 Å². The average molecular weight is 248 g/mol. The minimum absolute atomic E-state index is 0.0691. The molecule has 0 fully saturated rings. The molecule has 0 heterocycles. The van der Waals surface area contributed by atoms with Gasteiger partial charge < -0.3 is 15.3 Å². The van der Waals surface area contributed by atoms with Crippen LogP contribution >= 0.6 is 11.8 Å². The summed E-state index contributed by atoms with van der Waals surface area (Å²) in [6.45, 7) is 4.84. The van der Waals surface area contributed by atoms with Gasteiger partial charge in [0.05, 0.1) is 0 Å². The van der Waals surface area contributed by atoms with E-state index in [1.165, 1.54) is 18.7 Å². The Bertz CT molecular complexity index is 269. The molecule has 0 aliphatic rings. The number of nitrogens with one attached hydrogen (secondary N) is 1. The van der Waals surface area contributed by atoms with Gasteiger partial charge in [0.1, 0.15) is 5.54 Å². The normalized spacial score (nSPS) is 13.1. The lowest BCUT2D eigenvalue weighted by molar-refractivity contribution is -0.143. The molecule has 0 bridgehead atoms. The molecule has 5 nitrogen and oxygen atoms in total. The first-order valence-corrected chi connectivity index (χ1v) is 6.39. The summed E-state index contributed by atoms with van der Waals surface area (Å²) in [5.41, 5.74) is -1.25. The van der Waals surface area contributed by atoms with Crippen LogP contribution in [0.1, 0.15) is 20.8 Å². The molecule has 0 saturated heterocycles. The zero-order chi connectivity index (χ0) is 12.9. The summed E-state index contributed by atoms with van der Waals surface area (Å²) >= 11 is 1.64. The molecule has 2 amide bonds. The minimum atomic E-state index is -1.25. The van der Waals surface area contributed by atoms with Crippen LogP contribution in [0.2, 0.25) is 0 Å². The van der Waals surface area contributed by atoms with Crippen molar-refractivity contribution in [2.24, 2.45) is 0 Å². The fraction of sp³-hybridized carbons (Fsp3) is 0.800. The van der Waals surface area contributed by atoms with Gasteiger partial charge in [-0.2, -0.15) is 11.8 Å². The molecule has 0 aromatic carbocycles. The van der Waals surface area contributed by atoms with Crippen molar-refractivity contribution in [3.63, 3.8) is 0 Å². The van der Waals surface area contributed by atoms with E-state index in [9.17, 15) is 9.59 Å². The van der Waals surface area contributed by atoms with Crippen molar-refractivity contribution < 1.29 is 14.7 Å². The number of carboxylic acid groups (broad SMARTS) is 1. The zero-order valence-electron chi connectivity index (χ0n) is 10.4. The fourth-order valence-electron chi connectivity index (χ4n) is 0.962. The largest absolute Gasteiger partial charge is 0.480 e. The molecule has 1 unspecified atom stereocenters. The van der Waals surface area contributed by atoms with Gasteiger partial charge in [0.15, 0.2) is 0 Å². The van der Waals surface area contributed by atoms with Crippen LogP contribution in [0.3, 0.4) is 0 Å². The van der Waals surface area contributed by atoms with Gasteiger partial charge in [0.25, 0.3) is 0 Å². The summed E-state index contributed by atoms with van der Waals surface area (Å²) in [5, 5.41) is 11.3. The lowest BCUT2D eigenvalue weighted by Gasteiger charge is -2.29. The second kappa shape index (κ2) is 5.98. The third kappa shape index (κ3) is 4.30. The molecular weight excluding hydrogens is 228 g/mol. The molecular formula is C10H20N2O3S. The molecule has 0 spiro atoms. The zero-order valence-corrected chi connectivity index (χ0v) is 11.2. The number of thioether (sulfide) groups is 1. The molecule has 0 aromatic heterocycles. The van der Waals surface area contributed by atoms with Gasteiger partial charge in [0.2, 0.25) is 0 Å². The lowest BCUT2D eigenvalue weighted by atomic mass is 10.1. The number of carbonyl (C=O) groups is 2. The summed E-state index contributed by atoms with van der Waals surface area (Å²) in [7, 11) is 1.66. The van der Waals surface area contributed by atoms with Crippen LogP contribution in [0, 0.1) is 0 Å². The van der Waals surface area contributed by atoms with Crippen LogP contribution in [-0.2, 0) is 4.79 Å². The first-order chi connectivity index (χ1) is 7.22. The van der Waals surface area contributed by atoms with Crippen molar-refractivity contribution in [2.45, 2.75) is 32.4 Å². The monoisotopic (exact) mass is 248 g/mol. The van der Waals surface area contributed by atoms with Gasteiger partial charge in [-0.05, 0) is 27.0 Å². The van der Waals surface area contributed by atoms with Gasteiger partial charge in [0, 0.05) is 18.8 Å². The number of aliphatic carboxylic acids is 1. The number of hydrogen-bond donors (Lipinski definition) is 2. The molecule has 2 N–H and O–H groups in total. The van der Waals surface area contributed by atoms with Gasteiger partial charge in [-0.1, -0.05) is 0 Å². The molecule has 0 aromatic rings. The number of rotatable bonds is 5. The van der Waals surface area contributed by atoms with E-state index in [0.29, 0.717) is 0 Å². The second-order valence-corrected chi connectivity index (χ2v) is 5.19. The van der Waals surface area contributed by atoms with E-state index in [1.807, 2.05) is 13.2 Å². The van der Waals surface area contributed by atoms with Gasteiger partial charge in [-0.3, -0.25) is 0 Å². The Kier molecular flexibility index (Phi) is 5.64. The Morgan fingerprint density at radius 2 is 2.00 bits per heavy atom. The van der Waals surface area contributed by atoms with E-state index in [4.69, 9.17) is 5.11 Å². The number of amides is 2. The molecule has 0 saturated carbocycles. The number of urea groups is 1. The highest BCUT2D eigenvalue weighted by atomic mass is 32.2. The van der Waals surface area contributed by atoms with E-state index in [-0.39, 0.29) is 12.1 Å². The van der Waals surface area contributed by atoms with Crippen molar-refractivity contribution in [3.8, 4) is 0 Å². The number of carbonyl (C=O) groups excluding carboxylic acids is 1. The maximum atomic E-state index is 11.7.